The van der Waals surface area contributed by atoms with Crippen LogP contribution in [0.1, 0.15) is 11.3 Å². The summed E-state index contributed by atoms with van der Waals surface area (Å²) in [6.45, 7) is 2.76. The van der Waals surface area contributed by atoms with Crippen LogP contribution >= 0.6 is 0 Å². The van der Waals surface area contributed by atoms with Crippen molar-refractivity contribution >= 4 is 17.0 Å². The fourth-order valence-electron chi connectivity index (χ4n) is 2.30. The first-order valence-electron chi connectivity index (χ1n) is 6.50. The third-order valence-corrected chi connectivity index (χ3v) is 3.25. The molecule has 102 valence electrons. The van der Waals surface area contributed by atoms with Gasteiger partial charge in [0.25, 0.3) is 0 Å². The summed E-state index contributed by atoms with van der Waals surface area (Å²) in [6, 6.07) is 9.95. The molecule has 20 heavy (non-hydrogen) atoms. The van der Waals surface area contributed by atoms with Gasteiger partial charge in [-0.15, -0.1) is 0 Å². The average Bonchev–Trinajstić information content (AvgIpc) is 2.81. The van der Waals surface area contributed by atoms with Crippen molar-refractivity contribution in [3.8, 4) is 0 Å². The largest absolute Gasteiger partial charge is 0.399 e. The predicted molar refractivity (Wildman–Crippen MR) is 80.7 cm³/mol. The molecule has 0 unspecified atom stereocenters. The van der Waals surface area contributed by atoms with E-state index in [4.69, 9.17) is 5.73 Å². The average molecular weight is 267 g/mol. The highest BCUT2D eigenvalue weighted by atomic mass is 15.3. The van der Waals surface area contributed by atoms with E-state index in [2.05, 4.69) is 15.0 Å². The first-order valence-corrected chi connectivity index (χ1v) is 6.50. The molecule has 2 aromatic heterocycles. The summed E-state index contributed by atoms with van der Waals surface area (Å²) < 4.78 is 1.86. The van der Waals surface area contributed by atoms with Crippen LogP contribution < -0.4 is 10.6 Å². The first kappa shape index (κ1) is 12.5. The van der Waals surface area contributed by atoms with Crippen molar-refractivity contribution in [3.63, 3.8) is 0 Å². The number of aryl methyl sites for hydroxylation is 1. The Morgan fingerprint density at radius 1 is 1.25 bits per heavy atom. The molecule has 0 aliphatic heterocycles. The van der Waals surface area contributed by atoms with Gasteiger partial charge in [-0.2, -0.15) is 5.10 Å². The molecular formula is C15H17N5. The Kier molecular flexibility index (Phi) is 3.02. The van der Waals surface area contributed by atoms with E-state index >= 15 is 0 Å². The highest BCUT2D eigenvalue weighted by Gasteiger charge is 2.10. The first-order chi connectivity index (χ1) is 9.63. The van der Waals surface area contributed by atoms with Crippen LogP contribution in [0.4, 0.5) is 11.5 Å². The van der Waals surface area contributed by atoms with Crippen LogP contribution in [0.3, 0.4) is 0 Å². The van der Waals surface area contributed by atoms with Crippen molar-refractivity contribution in [3.05, 3.63) is 54.0 Å². The smallest absolute Gasteiger partial charge is 0.154 e. The Hall–Kier alpha value is -2.56. The molecule has 5 nitrogen and oxygen atoms in total. The normalized spacial score (nSPS) is 10.9. The van der Waals surface area contributed by atoms with Gasteiger partial charge in [-0.3, -0.25) is 0 Å². The summed E-state index contributed by atoms with van der Waals surface area (Å²) in [5, 5.41) is 4.41. The van der Waals surface area contributed by atoms with Crippen molar-refractivity contribution in [1.82, 2.24) is 14.6 Å². The van der Waals surface area contributed by atoms with Crippen LogP contribution in [-0.4, -0.2) is 21.6 Å². The lowest BCUT2D eigenvalue weighted by atomic mass is 10.2. The number of hydrogen-bond donors (Lipinski definition) is 1. The molecule has 5 heteroatoms. The fraction of sp³-hybridized carbons (Fsp3) is 0.200. The molecule has 0 aliphatic rings. The minimum absolute atomic E-state index is 0.775. The van der Waals surface area contributed by atoms with E-state index in [-0.39, 0.29) is 0 Å². The van der Waals surface area contributed by atoms with Crippen LogP contribution in [-0.2, 0) is 6.54 Å². The van der Waals surface area contributed by atoms with Gasteiger partial charge >= 0.3 is 0 Å². The molecule has 0 fully saturated rings. The van der Waals surface area contributed by atoms with Gasteiger partial charge in [-0.1, -0.05) is 12.1 Å². The van der Waals surface area contributed by atoms with Gasteiger partial charge in [-0.25, -0.2) is 9.50 Å². The number of nitrogens with zero attached hydrogens (tertiary/aromatic N) is 4. The second-order valence-corrected chi connectivity index (χ2v) is 4.96. The van der Waals surface area contributed by atoms with Crippen LogP contribution in [0.5, 0.6) is 0 Å². The third kappa shape index (κ3) is 2.30. The van der Waals surface area contributed by atoms with Gasteiger partial charge in [0.15, 0.2) is 5.82 Å². The second kappa shape index (κ2) is 4.85. The number of nitrogens with two attached hydrogens (primary N) is 1. The third-order valence-electron chi connectivity index (χ3n) is 3.25. The Labute approximate surface area is 117 Å². The summed E-state index contributed by atoms with van der Waals surface area (Å²) in [7, 11) is 2.03. The summed E-state index contributed by atoms with van der Waals surface area (Å²) in [5.74, 6) is 0.921. The molecule has 2 N–H and O–H groups in total. The number of benzene rings is 1. The van der Waals surface area contributed by atoms with Crippen molar-refractivity contribution in [2.75, 3.05) is 17.7 Å². The van der Waals surface area contributed by atoms with Gasteiger partial charge in [0, 0.05) is 31.7 Å². The summed E-state index contributed by atoms with van der Waals surface area (Å²) in [5.41, 5.74) is 9.69. The minimum Gasteiger partial charge on any atom is -0.399 e. The monoisotopic (exact) mass is 267 g/mol. The van der Waals surface area contributed by atoms with Gasteiger partial charge in [0.2, 0.25) is 0 Å². The molecule has 0 amide bonds. The Balaban J connectivity index is 1.92. The molecule has 3 rings (SSSR count). The molecule has 2 heterocycles. The van der Waals surface area contributed by atoms with Crippen molar-refractivity contribution < 1.29 is 0 Å². The molecule has 0 radical (unpaired) electrons. The zero-order chi connectivity index (χ0) is 14.1. The molecule has 0 bridgehead atoms. The van der Waals surface area contributed by atoms with Crippen molar-refractivity contribution in [1.29, 1.82) is 0 Å². The van der Waals surface area contributed by atoms with E-state index in [1.54, 1.807) is 6.20 Å². The molecule has 0 saturated heterocycles. The molecular weight excluding hydrogens is 250 g/mol. The van der Waals surface area contributed by atoms with Crippen molar-refractivity contribution in [2.45, 2.75) is 13.5 Å². The Morgan fingerprint density at radius 2 is 2.00 bits per heavy atom. The van der Waals surface area contributed by atoms with Crippen molar-refractivity contribution in [2.24, 2.45) is 0 Å². The standard InChI is InChI=1S/C15H17N5/c1-11-9-14-15(17-7-8-20(14)18-11)19(2)10-12-3-5-13(16)6-4-12/h3-9H,10,16H2,1-2H3. The van der Waals surface area contributed by atoms with E-state index in [0.717, 1.165) is 29.3 Å². The fourth-order valence-corrected chi connectivity index (χ4v) is 2.30. The summed E-state index contributed by atoms with van der Waals surface area (Å²) in [4.78, 5) is 6.59. The number of rotatable bonds is 3. The van der Waals surface area contributed by atoms with E-state index in [9.17, 15) is 0 Å². The summed E-state index contributed by atoms with van der Waals surface area (Å²) in [6.07, 6.45) is 3.64. The number of fused-ring (bicyclic) bond motifs is 1. The Bertz CT molecular complexity index is 730. The Morgan fingerprint density at radius 3 is 2.75 bits per heavy atom. The van der Waals surface area contributed by atoms with Gasteiger partial charge < -0.3 is 10.6 Å². The lowest BCUT2D eigenvalue weighted by molar-refractivity contribution is 0.872. The molecule has 0 atom stereocenters. The summed E-state index contributed by atoms with van der Waals surface area (Å²) >= 11 is 0. The van der Waals surface area contributed by atoms with Crippen LogP contribution in [0, 0.1) is 6.92 Å². The van der Waals surface area contributed by atoms with Gasteiger partial charge in [0.05, 0.1) is 5.69 Å². The molecule has 0 aliphatic carbocycles. The topological polar surface area (TPSA) is 59.5 Å². The maximum atomic E-state index is 5.71. The molecule has 3 aromatic rings. The van der Waals surface area contributed by atoms with E-state index in [1.165, 1.54) is 5.56 Å². The number of aromatic nitrogens is 3. The highest BCUT2D eigenvalue weighted by Crippen LogP contribution is 2.20. The van der Waals surface area contributed by atoms with Gasteiger partial charge in [0.1, 0.15) is 5.52 Å². The molecule has 0 saturated carbocycles. The number of anilines is 2. The highest BCUT2D eigenvalue weighted by molar-refractivity contribution is 5.68. The van der Waals surface area contributed by atoms with Crippen LogP contribution in [0.25, 0.3) is 5.52 Å². The zero-order valence-corrected chi connectivity index (χ0v) is 11.6. The SMILES string of the molecule is Cc1cc2c(N(C)Cc3ccc(N)cc3)nccn2n1. The molecule has 0 spiro atoms. The zero-order valence-electron chi connectivity index (χ0n) is 11.6. The quantitative estimate of drug-likeness (QED) is 0.739. The minimum atomic E-state index is 0.775. The van der Waals surface area contributed by atoms with E-state index in [0.29, 0.717) is 0 Å². The number of nitrogen functional groups attached to an aromatic ring is 1. The second-order valence-electron chi connectivity index (χ2n) is 4.96. The lowest BCUT2D eigenvalue weighted by Gasteiger charge is -2.19. The molecule has 1 aromatic carbocycles. The van der Waals surface area contributed by atoms with E-state index in [1.807, 2.05) is 55.0 Å². The maximum absolute atomic E-state index is 5.71. The van der Waals surface area contributed by atoms with Crippen LogP contribution in [0.15, 0.2) is 42.7 Å². The van der Waals surface area contributed by atoms with Gasteiger partial charge in [-0.05, 0) is 30.7 Å². The maximum Gasteiger partial charge on any atom is 0.154 e. The van der Waals surface area contributed by atoms with E-state index < -0.39 is 0 Å². The number of hydrogen-bond acceptors (Lipinski definition) is 4. The van der Waals surface area contributed by atoms with Crippen LogP contribution in [0.2, 0.25) is 0 Å². The lowest BCUT2D eigenvalue weighted by Crippen LogP contribution is -2.18. The predicted octanol–water partition coefficient (Wildman–Crippen LogP) is 2.26.